The van der Waals surface area contributed by atoms with Crippen LogP contribution < -0.4 is 33.6 Å². The number of nitrogens with one attached hydrogen (secondary N) is 2. The number of anilines is 6. The zero-order valence-corrected chi connectivity index (χ0v) is 23.9. The van der Waals surface area contributed by atoms with Gasteiger partial charge in [0, 0.05) is 0 Å². The molecule has 0 unspecified atom stereocenters. The molecule has 2 heterocycles. The van der Waals surface area contributed by atoms with Crippen LogP contribution in [-0.2, 0) is 0 Å². The minimum absolute atomic E-state index is 0.127. The van der Waals surface area contributed by atoms with Gasteiger partial charge in [-0.05, 0) is 0 Å². The summed E-state index contributed by atoms with van der Waals surface area (Å²) in [7, 11) is 4.39. The molecule has 0 aromatic carbocycles. The number of nitrogen functional groups attached to an aromatic ring is 4. The second kappa shape index (κ2) is 14.6. The molecule has 0 radical (unpaired) electrons. The van der Waals surface area contributed by atoms with E-state index >= 15 is 0 Å². The average molecular weight is 603 g/mol. The summed E-state index contributed by atoms with van der Waals surface area (Å²) in [4.78, 5) is 24.0. The van der Waals surface area contributed by atoms with Crippen molar-refractivity contribution in [3.63, 3.8) is 0 Å². The van der Waals surface area contributed by atoms with Gasteiger partial charge in [0.2, 0.25) is 0 Å². The van der Waals surface area contributed by atoms with Crippen LogP contribution in [-0.4, -0.2) is 70.1 Å². The summed E-state index contributed by atoms with van der Waals surface area (Å²) < 4.78 is 2.72. The monoisotopic (exact) mass is 604 g/mol. The van der Waals surface area contributed by atoms with Crippen LogP contribution in [0.3, 0.4) is 0 Å². The summed E-state index contributed by atoms with van der Waals surface area (Å²) >= 11 is -2.50. The second-order valence-electron chi connectivity index (χ2n) is 7.42. The molecule has 10 N–H and O–H groups in total. The summed E-state index contributed by atoms with van der Waals surface area (Å²) in [5.74, 6) is 3.35. The summed E-state index contributed by atoms with van der Waals surface area (Å²) in [5, 5.41) is 6.47. The molecule has 0 aliphatic heterocycles. The molecule has 0 aliphatic rings. The molecule has 2 aromatic rings. The van der Waals surface area contributed by atoms with Gasteiger partial charge in [-0.3, -0.25) is 0 Å². The number of unbranched alkanes of at least 4 members (excludes halogenated alkanes) is 2. The summed E-state index contributed by atoms with van der Waals surface area (Å²) in [6, 6.07) is 0. The Balaban J connectivity index is 1.93. The molecule has 0 aliphatic carbocycles. The van der Waals surface area contributed by atoms with E-state index in [2.05, 4.69) is 72.3 Å². The Labute approximate surface area is 204 Å². The molecular weight excluding hydrogens is 567 g/mol. The molecule has 0 bridgehead atoms. The van der Waals surface area contributed by atoms with Gasteiger partial charge in [-0.2, -0.15) is 0 Å². The molecule has 15 heteroatoms. The molecule has 0 fully saturated rings. The van der Waals surface area contributed by atoms with E-state index in [1.54, 1.807) is 0 Å². The van der Waals surface area contributed by atoms with Crippen molar-refractivity contribution < 1.29 is 0 Å². The fourth-order valence-electron chi connectivity index (χ4n) is 3.12. The molecule has 0 saturated heterocycles. The zero-order chi connectivity index (χ0) is 24.1. The Morgan fingerprint density at radius 3 is 1.33 bits per heavy atom. The number of hydrogen-bond acceptors (Lipinski definition) is 14. The first-order valence-corrected chi connectivity index (χ1v) is 24.2. The van der Waals surface area contributed by atoms with E-state index in [9.17, 15) is 0 Å². The molecule has 2 rings (SSSR count). The van der Waals surface area contributed by atoms with Crippen molar-refractivity contribution in [2.75, 3.05) is 58.2 Å². The van der Waals surface area contributed by atoms with Gasteiger partial charge in [0.15, 0.2) is 0 Å². The van der Waals surface area contributed by atoms with Crippen LogP contribution in [0.25, 0.3) is 0 Å². The summed E-state index contributed by atoms with van der Waals surface area (Å²) in [5.41, 5.74) is 22.6. The molecule has 12 nitrogen and oxygen atoms in total. The first kappa shape index (κ1) is 27.6. The summed E-state index contributed by atoms with van der Waals surface area (Å²) in [6.07, 6.45) is 4.99. The fourth-order valence-corrected chi connectivity index (χ4v) is 33.4. The van der Waals surface area contributed by atoms with Crippen LogP contribution in [0.4, 0.5) is 35.7 Å². The van der Waals surface area contributed by atoms with Gasteiger partial charge in [-0.25, -0.2) is 0 Å². The first-order valence-electron chi connectivity index (χ1n) is 11.2. The number of hydrogen-bond donors (Lipinski definition) is 6. The van der Waals surface area contributed by atoms with E-state index in [1.807, 2.05) is 0 Å². The fraction of sp³-hybridized carbons (Fsp3) is 0.667. The molecule has 0 amide bonds. The van der Waals surface area contributed by atoms with Crippen molar-refractivity contribution in [3.05, 3.63) is 0 Å². The van der Waals surface area contributed by atoms with Crippen LogP contribution in [0.5, 0.6) is 0 Å². The second-order valence-corrected chi connectivity index (χ2v) is 34.0. The predicted octanol–water partition coefficient (Wildman–Crippen LogP) is 2.42. The van der Waals surface area contributed by atoms with Gasteiger partial charge < -0.3 is 0 Å². The van der Waals surface area contributed by atoms with Crippen molar-refractivity contribution in [1.82, 2.24) is 29.9 Å². The number of nitrogens with zero attached hydrogens (tertiary/aromatic N) is 6. The Kier molecular flexibility index (Phi) is 12.2. The van der Waals surface area contributed by atoms with Gasteiger partial charge >= 0.3 is 206 Å². The van der Waals surface area contributed by atoms with Crippen molar-refractivity contribution >= 4 is 69.2 Å². The molecule has 0 atom stereocenters. The maximum absolute atomic E-state index is 5.66. The van der Waals surface area contributed by atoms with Gasteiger partial charge in [0.1, 0.15) is 0 Å². The SMILES string of the molecule is CCC[CH2][Sn]([CH2]CCC)([S]CCNc1nc(N)nc(N)n1)[S]CCNc1nc(N)nc(N)n1. The van der Waals surface area contributed by atoms with E-state index in [0.29, 0.717) is 11.9 Å². The van der Waals surface area contributed by atoms with Gasteiger partial charge in [0.25, 0.3) is 0 Å². The molecular formula is C18H36N12S2Sn. The molecule has 184 valence electrons. The van der Waals surface area contributed by atoms with E-state index in [1.165, 1.54) is 34.6 Å². The van der Waals surface area contributed by atoms with Crippen LogP contribution in [0.15, 0.2) is 0 Å². The van der Waals surface area contributed by atoms with E-state index in [-0.39, 0.29) is 23.8 Å². The van der Waals surface area contributed by atoms with Crippen LogP contribution in [0.1, 0.15) is 39.5 Å². The van der Waals surface area contributed by atoms with Crippen molar-refractivity contribution in [3.8, 4) is 0 Å². The zero-order valence-electron chi connectivity index (χ0n) is 19.4. The van der Waals surface area contributed by atoms with Gasteiger partial charge in [0.05, 0.1) is 0 Å². The third-order valence-corrected chi connectivity index (χ3v) is 35.6. The molecule has 33 heavy (non-hydrogen) atoms. The predicted molar refractivity (Wildman–Crippen MR) is 144 cm³/mol. The van der Waals surface area contributed by atoms with Crippen molar-refractivity contribution in [1.29, 1.82) is 0 Å². The van der Waals surface area contributed by atoms with E-state index < -0.39 is 15.6 Å². The number of aromatic nitrogens is 6. The van der Waals surface area contributed by atoms with Crippen molar-refractivity contribution in [2.24, 2.45) is 0 Å². The minimum atomic E-state index is -2.50. The molecule has 0 spiro atoms. The normalized spacial score (nSPS) is 11.5. The topological polar surface area (TPSA) is 205 Å². The standard InChI is InChI=1S/2C5H10N6S.2C4H9.Sn/c2*6-3-9-4(7)11-5(10-3)8-1-2-12;2*1-3-4-2;/h2*12H,1-2H2,(H5,6,7,8,9,10,11);2*1,3-4H2,2H3;/q;;;;+2/p-2. The summed E-state index contributed by atoms with van der Waals surface area (Å²) in [6.45, 7) is 6.04. The number of nitrogens with two attached hydrogens (primary N) is 4. The van der Waals surface area contributed by atoms with Crippen molar-refractivity contribution in [2.45, 2.75) is 48.4 Å². The molecule has 0 saturated carbocycles. The van der Waals surface area contributed by atoms with Gasteiger partial charge in [-0.15, -0.1) is 0 Å². The van der Waals surface area contributed by atoms with Gasteiger partial charge in [-0.1, -0.05) is 0 Å². The Morgan fingerprint density at radius 2 is 1.00 bits per heavy atom. The quantitative estimate of drug-likeness (QED) is 0.120. The Bertz CT molecular complexity index is 749. The first-order chi connectivity index (χ1) is 15.9. The van der Waals surface area contributed by atoms with Crippen LogP contribution in [0, 0.1) is 0 Å². The van der Waals surface area contributed by atoms with E-state index in [0.717, 1.165) is 24.6 Å². The Morgan fingerprint density at radius 1 is 0.636 bits per heavy atom. The van der Waals surface area contributed by atoms with E-state index in [4.69, 9.17) is 22.9 Å². The van der Waals surface area contributed by atoms with Crippen LogP contribution in [0.2, 0.25) is 8.87 Å². The third-order valence-electron chi connectivity index (χ3n) is 4.66. The maximum atomic E-state index is 5.66. The Hall–Kier alpha value is -1.68. The average Bonchev–Trinajstić information content (AvgIpc) is 2.75. The molecule has 2 aromatic heterocycles. The third kappa shape index (κ3) is 10.4. The number of rotatable bonds is 16. The van der Waals surface area contributed by atoms with Crippen LogP contribution >= 0.6 is 17.9 Å².